The normalized spacial score (nSPS) is 21.9. The van der Waals surface area contributed by atoms with Gasteiger partial charge in [-0.1, -0.05) is 92.9 Å². The van der Waals surface area contributed by atoms with Crippen molar-refractivity contribution in [1.29, 1.82) is 0 Å². The maximum Gasteiger partial charge on any atom is 0.308 e. The van der Waals surface area contributed by atoms with Crippen LogP contribution in [0, 0.1) is 35.5 Å². The highest BCUT2D eigenvalue weighted by Crippen LogP contribution is 2.31. The van der Waals surface area contributed by atoms with Crippen LogP contribution >= 0.6 is 0 Å². The van der Waals surface area contributed by atoms with Crippen molar-refractivity contribution in [3.05, 3.63) is 0 Å². The minimum atomic E-state index is -0.0650. The average Bonchev–Trinajstić information content (AvgIpc) is 2.83. The highest BCUT2D eigenvalue weighted by atomic mass is 16.5. The fraction of sp³-hybridized carbons (Fsp3) is 0.933. The molecule has 1 fully saturated rings. The molecule has 0 aromatic rings. The van der Waals surface area contributed by atoms with Crippen molar-refractivity contribution in [1.82, 2.24) is 0 Å². The predicted molar refractivity (Wildman–Crippen MR) is 142 cm³/mol. The number of hydrogen-bond acceptors (Lipinski definition) is 4. The van der Waals surface area contributed by atoms with E-state index < -0.39 is 0 Å². The summed E-state index contributed by atoms with van der Waals surface area (Å²) in [4.78, 5) is 24.9. The van der Waals surface area contributed by atoms with Crippen LogP contribution in [-0.4, -0.2) is 25.2 Å². The molecule has 0 N–H and O–H groups in total. The van der Waals surface area contributed by atoms with Crippen LogP contribution in [0.5, 0.6) is 0 Å². The van der Waals surface area contributed by atoms with E-state index in [4.69, 9.17) is 9.47 Å². The lowest BCUT2D eigenvalue weighted by Gasteiger charge is -2.26. The average molecular weight is 481 g/mol. The molecule has 0 aromatic carbocycles. The summed E-state index contributed by atoms with van der Waals surface area (Å²) in [5, 5.41) is 0. The first kappa shape index (κ1) is 31.0. The Hall–Kier alpha value is -1.06. The monoisotopic (exact) mass is 480 g/mol. The first-order chi connectivity index (χ1) is 16.3. The van der Waals surface area contributed by atoms with Gasteiger partial charge in [0.2, 0.25) is 0 Å². The third-order valence-electron chi connectivity index (χ3n) is 8.29. The van der Waals surface area contributed by atoms with Crippen LogP contribution < -0.4 is 0 Å². The fourth-order valence-electron chi connectivity index (χ4n) is 4.85. The van der Waals surface area contributed by atoms with Gasteiger partial charge >= 0.3 is 11.9 Å². The molecule has 4 heteroatoms. The molecule has 4 unspecified atom stereocenters. The van der Waals surface area contributed by atoms with E-state index in [1.54, 1.807) is 0 Å². The summed E-state index contributed by atoms with van der Waals surface area (Å²) < 4.78 is 11.2. The second-order valence-corrected chi connectivity index (χ2v) is 11.6. The van der Waals surface area contributed by atoms with E-state index in [-0.39, 0.29) is 23.8 Å². The maximum atomic E-state index is 12.5. The quantitative estimate of drug-likeness (QED) is 0.185. The van der Waals surface area contributed by atoms with E-state index in [9.17, 15) is 9.59 Å². The molecule has 0 saturated heterocycles. The van der Waals surface area contributed by atoms with E-state index in [0.29, 0.717) is 25.0 Å². The Morgan fingerprint density at radius 3 is 1.24 bits per heavy atom. The third-order valence-corrected chi connectivity index (χ3v) is 8.29. The van der Waals surface area contributed by atoms with Gasteiger partial charge in [-0.2, -0.15) is 0 Å². The first-order valence-corrected chi connectivity index (χ1v) is 14.6. The standard InChI is InChI=1S/C30H56O4/c1-7-23(3)11-9-13-25(5)19-21-33-29(31)27-15-17-28(18-16-27)30(32)34-22-20-26(6)14-10-12-24(4)8-2/h23-28H,7-22H2,1-6H3. The molecule has 200 valence electrons. The lowest BCUT2D eigenvalue weighted by molar-refractivity contribution is -0.155. The Balaban J connectivity index is 2.12. The number of esters is 2. The van der Waals surface area contributed by atoms with Crippen LogP contribution in [0.4, 0.5) is 0 Å². The van der Waals surface area contributed by atoms with Crippen molar-refractivity contribution in [2.75, 3.05) is 13.2 Å². The molecule has 1 saturated carbocycles. The highest BCUT2D eigenvalue weighted by Gasteiger charge is 2.31. The molecule has 0 heterocycles. The maximum absolute atomic E-state index is 12.5. The van der Waals surface area contributed by atoms with Crippen LogP contribution in [-0.2, 0) is 19.1 Å². The second-order valence-electron chi connectivity index (χ2n) is 11.6. The minimum absolute atomic E-state index is 0.0460. The van der Waals surface area contributed by atoms with Gasteiger partial charge in [0.1, 0.15) is 0 Å². The van der Waals surface area contributed by atoms with Gasteiger partial charge in [-0.3, -0.25) is 9.59 Å². The van der Waals surface area contributed by atoms with Gasteiger partial charge in [-0.15, -0.1) is 0 Å². The van der Waals surface area contributed by atoms with Crippen LogP contribution in [0.3, 0.4) is 0 Å². The number of ether oxygens (including phenoxy) is 2. The van der Waals surface area contributed by atoms with E-state index in [2.05, 4.69) is 41.5 Å². The Bertz CT molecular complexity index is 490. The molecule has 1 rings (SSSR count). The van der Waals surface area contributed by atoms with Crippen LogP contribution in [0.2, 0.25) is 0 Å². The molecule has 0 aliphatic heterocycles. The Labute approximate surface area is 211 Å². The van der Waals surface area contributed by atoms with Crippen LogP contribution in [0.15, 0.2) is 0 Å². The number of carbonyl (C=O) groups is 2. The molecule has 4 nitrogen and oxygen atoms in total. The molecule has 0 bridgehead atoms. The first-order valence-electron chi connectivity index (χ1n) is 14.6. The van der Waals surface area contributed by atoms with Crippen molar-refractivity contribution in [3.8, 4) is 0 Å². The van der Waals surface area contributed by atoms with Gasteiger partial charge < -0.3 is 9.47 Å². The Morgan fingerprint density at radius 2 is 0.912 bits per heavy atom. The van der Waals surface area contributed by atoms with E-state index in [0.717, 1.165) is 50.4 Å². The van der Waals surface area contributed by atoms with Crippen molar-refractivity contribution >= 4 is 11.9 Å². The summed E-state index contributed by atoms with van der Waals surface area (Å²) in [6.07, 6.45) is 14.9. The summed E-state index contributed by atoms with van der Waals surface area (Å²) in [6.45, 7) is 14.7. The molecule has 0 amide bonds. The second kappa shape index (κ2) is 18.2. The smallest absolute Gasteiger partial charge is 0.308 e. The highest BCUT2D eigenvalue weighted by molar-refractivity contribution is 5.75. The summed E-state index contributed by atoms with van der Waals surface area (Å²) in [7, 11) is 0. The van der Waals surface area contributed by atoms with Gasteiger partial charge in [0.05, 0.1) is 25.0 Å². The molecule has 4 atom stereocenters. The molecule has 0 spiro atoms. The zero-order valence-corrected chi connectivity index (χ0v) is 23.4. The molecule has 34 heavy (non-hydrogen) atoms. The SMILES string of the molecule is CCC(C)CCCC(C)CCOC(=O)C1CCC(C(=O)OCCC(C)CCCC(C)CC)CC1. The zero-order valence-electron chi connectivity index (χ0n) is 23.4. The van der Waals surface area contributed by atoms with Crippen LogP contribution in [0.1, 0.15) is 131 Å². The van der Waals surface area contributed by atoms with E-state index >= 15 is 0 Å². The molecule has 0 aromatic heterocycles. The predicted octanol–water partition coefficient (Wildman–Crippen LogP) is 8.36. The van der Waals surface area contributed by atoms with Crippen molar-refractivity contribution in [2.45, 2.75) is 131 Å². The fourth-order valence-corrected chi connectivity index (χ4v) is 4.85. The topological polar surface area (TPSA) is 52.6 Å². The number of hydrogen-bond donors (Lipinski definition) is 0. The Morgan fingerprint density at radius 1 is 0.588 bits per heavy atom. The van der Waals surface area contributed by atoms with Crippen molar-refractivity contribution < 1.29 is 19.1 Å². The summed E-state index contributed by atoms with van der Waals surface area (Å²) >= 11 is 0. The third kappa shape index (κ3) is 13.7. The van der Waals surface area contributed by atoms with E-state index in [1.807, 2.05) is 0 Å². The molecule has 0 radical (unpaired) electrons. The number of rotatable bonds is 18. The van der Waals surface area contributed by atoms with Gasteiger partial charge in [0, 0.05) is 0 Å². The van der Waals surface area contributed by atoms with Crippen molar-refractivity contribution in [3.63, 3.8) is 0 Å². The number of carbonyl (C=O) groups excluding carboxylic acids is 2. The van der Waals surface area contributed by atoms with Gasteiger partial charge in [-0.25, -0.2) is 0 Å². The summed E-state index contributed by atoms with van der Waals surface area (Å²) in [6, 6.07) is 0. The molecular formula is C30H56O4. The zero-order chi connectivity index (χ0) is 25.3. The van der Waals surface area contributed by atoms with Gasteiger partial charge in [0.15, 0.2) is 0 Å². The van der Waals surface area contributed by atoms with Crippen LogP contribution in [0.25, 0.3) is 0 Å². The largest absolute Gasteiger partial charge is 0.465 e. The van der Waals surface area contributed by atoms with E-state index in [1.165, 1.54) is 51.4 Å². The van der Waals surface area contributed by atoms with Crippen molar-refractivity contribution in [2.24, 2.45) is 35.5 Å². The molecule has 1 aliphatic rings. The summed E-state index contributed by atoms with van der Waals surface area (Å²) in [5.41, 5.74) is 0. The molecule has 1 aliphatic carbocycles. The Kier molecular flexibility index (Phi) is 16.6. The lowest BCUT2D eigenvalue weighted by atomic mass is 9.82. The summed E-state index contributed by atoms with van der Waals surface area (Å²) in [5.74, 6) is 2.60. The van der Waals surface area contributed by atoms with Gasteiger partial charge in [0.25, 0.3) is 0 Å². The minimum Gasteiger partial charge on any atom is -0.465 e. The van der Waals surface area contributed by atoms with Gasteiger partial charge in [-0.05, 0) is 62.2 Å². The lowest BCUT2D eigenvalue weighted by Crippen LogP contribution is -2.28. The molecular weight excluding hydrogens is 424 g/mol.